The highest BCUT2D eigenvalue weighted by Crippen LogP contribution is 2.27. The first kappa shape index (κ1) is 17.4. The third-order valence-electron chi connectivity index (χ3n) is 5.08. The fourth-order valence-corrected chi connectivity index (χ4v) is 3.53. The summed E-state index contributed by atoms with van der Waals surface area (Å²) in [6.45, 7) is 3.47. The molecule has 0 saturated carbocycles. The Morgan fingerprint density at radius 2 is 2.11 bits per heavy atom. The Labute approximate surface area is 158 Å². The molecule has 0 spiro atoms. The van der Waals surface area contributed by atoms with Gasteiger partial charge in [-0.1, -0.05) is 37.3 Å². The number of amides is 1. The van der Waals surface area contributed by atoms with Gasteiger partial charge < -0.3 is 4.90 Å². The second-order valence-corrected chi connectivity index (χ2v) is 6.90. The van der Waals surface area contributed by atoms with Crippen LogP contribution in [0.2, 0.25) is 0 Å². The van der Waals surface area contributed by atoms with Crippen LogP contribution in [0.1, 0.15) is 47.6 Å². The van der Waals surface area contributed by atoms with Gasteiger partial charge in [0.25, 0.3) is 5.91 Å². The van der Waals surface area contributed by atoms with E-state index in [4.69, 9.17) is 0 Å². The molecule has 0 aliphatic carbocycles. The maximum Gasteiger partial charge on any atom is 0.272 e. The molecule has 2 aromatic heterocycles. The molecule has 1 N–H and O–H groups in total. The van der Waals surface area contributed by atoms with Gasteiger partial charge in [-0.15, -0.1) is 0 Å². The molecule has 3 aromatic rings. The van der Waals surface area contributed by atoms with Crippen molar-refractivity contribution in [1.29, 1.82) is 0 Å². The molecular weight excluding hydrogens is 338 g/mol. The van der Waals surface area contributed by atoms with Crippen LogP contribution >= 0.6 is 0 Å². The van der Waals surface area contributed by atoms with Crippen LogP contribution in [0.25, 0.3) is 11.4 Å². The number of aromatic amines is 1. The predicted octanol–water partition coefficient (Wildman–Crippen LogP) is 3.45. The number of aromatic nitrogens is 4. The number of nitrogens with zero attached hydrogens (tertiary/aromatic N) is 4. The number of nitrogens with one attached hydrogen (secondary N) is 1. The molecule has 1 amide bonds. The minimum Gasteiger partial charge on any atom is -0.337 e. The number of aryl methyl sites for hydroxylation is 1. The molecule has 0 radical (unpaired) electrons. The fraction of sp³-hybridized carbons (Fsp3) is 0.333. The highest BCUT2D eigenvalue weighted by atomic mass is 16.2. The second kappa shape index (κ2) is 7.70. The monoisotopic (exact) mass is 361 g/mol. The summed E-state index contributed by atoms with van der Waals surface area (Å²) in [6.07, 6.45) is 4.56. The number of likely N-dealkylation sites (tertiary alicyclic amines) is 1. The van der Waals surface area contributed by atoms with Crippen LogP contribution in [0.4, 0.5) is 0 Å². The molecular formula is C21H23N5O. The molecule has 1 saturated heterocycles. The molecule has 1 fully saturated rings. The number of rotatable bonds is 4. The van der Waals surface area contributed by atoms with E-state index in [0.29, 0.717) is 18.1 Å². The molecule has 1 aliphatic heterocycles. The lowest BCUT2D eigenvalue weighted by Gasteiger charge is -2.31. The first-order valence-corrected chi connectivity index (χ1v) is 9.46. The molecule has 3 heterocycles. The van der Waals surface area contributed by atoms with Crippen molar-refractivity contribution in [2.75, 3.05) is 13.1 Å². The highest BCUT2D eigenvalue weighted by Gasteiger charge is 2.28. The van der Waals surface area contributed by atoms with Gasteiger partial charge >= 0.3 is 0 Å². The topological polar surface area (TPSA) is 74.8 Å². The minimum absolute atomic E-state index is 0.00204. The summed E-state index contributed by atoms with van der Waals surface area (Å²) in [5.74, 6) is 1.72. The van der Waals surface area contributed by atoms with Gasteiger partial charge in [0.1, 0.15) is 11.5 Å². The first-order valence-electron chi connectivity index (χ1n) is 9.46. The molecule has 4 rings (SSSR count). The molecule has 6 nitrogen and oxygen atoms in total. The predicted molar refractivity (Wildman–Crippen MR) is 103 cm³/mol. The fourth-order valence-electron chi connectivity index (χ4n) is 3.53. The van der Waals surface area contributed by atoms with Gasteiger partial charge in [-0.05, 0) is 37.0 Å². The second-order valence-electron chi connectivity index (χ2n) is 6.90. The molecule has 1 atom stereocenters. The SMILES string of the molecule is CCc1ccnc(C(=O)N2CCCC(c3nc(-c4ccccc4)n[nH]3)C2)c1. The Morgan fingerprint density at radius 1 is 1.26 bits per heavy atom. The lowest BCUT2D eigenvalue weighted by Crippen LogP contribution is -2.39. The maximum atomic E-state index is 12.9. The third kappa shape index (κ3) is 3.74. The van der Waals surface area contributed by atoms with E-state index in [1.165, 1.54) is 0 Å². The van der Waals surface area contributed by atoms with Gasteiger partial charge in [-0.3, -0.25) is 14.9 Å². The van der Waals surface area contributed by atoms with Crippen molar-refractivity contribution in [3.05, 3.63) is 65.7 Å². The van der Waals surface area contributed by atoms with Crippen LogP contribution in [0.15, 0.2) is 48.7 Å². The van der Waals surface area contributed by atoms with Crippen molar-refractivity contribution >= 4 is 5.91 Å². The Morgan fingerprint density at radius 3 is 2.93 bits per heavy atom. The van der Waals surface area contributed by atoms with E-state index in [2.05, 4.69) is 27.1 Å². The number of hydrogen-bond donors (Lipinski definition) is 1. The summed E-state index contributed by atoms with van der Waals surface area (Å²) in [5, 5.41) is 7.44. The number of H-pyrrole nitrogens is 1. The Kier molecular flexibility index (Phi) is 4.96. The van der Waals surface area contributed by atoms with Crippen LogP contribution in [0.5, 0.6) is 0 Å². The lowest BCUT2D eigenvalue weighted by molar-refractivity contribution is 0.0698. The van der Waals surface area contributed by atoms with Gasteiger partial charge in [0.2, 0.25) is 0 Å². The van der Waals surface area contributed by atoms with Crippen LogP contribution in [0.3, 0.4) is 0 Å². The van der Waals surface area contributed by atoms with Gasteiger partial charge in [0.15, 0.2) is 5.82 Å². The molecule has 1 aliphatic rings. The smallest absolute Gasteiger partial charge is 0.272 e. The zero-order chi connectivity index (χ0) is 18.6. The quantitative estimate of drug-likeness (QED) is 0.772. The summed E-state index contributed by atoms with van der Waals surface area (Å²) in [5.41, 5.74) is 2.64. The zero-order valence-corrected chi connectivity index (χ0v) is 15.4. The van der Waals surface area contributed by atoms with E-state index in [1.807, 2.05) is 47.4 Å². The van der Waals surface area contributed by atoms with Crippen molar-refractivity contribution in [3.8, 4) is 11.4 Å². The van der Waals surface area contributed by atoms with Crippen molar-refractivity contribution in [2.24, 2.45) is 0 Å². The maximum absolute atomic E-state index is 12.9. The van der Waals surface area contributed by atoms with E-state index < -0.39 is 0 Å². The molecule has 0 bridgehead atoms. The van der Waals surface area contributed by atoms with Crippen LogP contribution in [-0.4, -0.2) is 44.1 Å². The number of piperidine rings is 1. The van der Waals surface area contributed by atoms with E-state index >= 15 is 0 Å². The van der Waals surface area contributed by atoms with Gasteiger partial charge in [-0.25, -0.2) is 4.98 Å². The van der Waals surface area contributed by atoms with Crippen LogP contribution in [0, 0.1) is 0 Å². The number of carbonyl (C=O) groups is 1. The van der Waals surface area contributed by atoms with Crippen molar-refractivity contribution in [2.45, 2.75) is 32.1 Å². The third-order valence-corrected chi connectivity index (χ3v) is 5.08. The first-order chi connectivity index (χ1) is 13.2. The number of benzene rings is 1. The highest BCUT2D eigenvalue weighted by molar-refractivity contribution is 5.92. The van der Waals surface area contributed by atoms with Crippen LogP contribution in [-0.2, 0) is 6.42 Å². The summed E-state index contributed by atoms with van der Waals surface area (Å²) in [4.78, 5) is 23.7. The van der Waals surface area contributed by atoms with Crippen LogP contribution < -0.4 is 0 Å². The average Bonchev–Trinajstić information content (AvgIpc) is 3.24. The largest absolute Gasteiger partial charge is 0.337 e. The Balaban J connectivity index is 1.50. The van der Waals surface area contributed by atoms with Gasteiger partial charge in [0, 0.05) is 30.8 Å². The Hall–Kier alpha value is -3.02. The zero-order valence-electron chi connectivity index (χ0n) is 15.4. The molecule has 27 heavy (non-hydrogen) atoms. The number of hydrogen-bond acceptors (Lipinski definition) is 4. The number of pyridine rings is 1. The molecule has 6 heteroatoms. The van der Waals surface area contributed by atoms with E-state index in [1.54, 1.807) is 6.20 Å². The van der Waals surface area contributed by atoms with Crippen molar-refractivity contribution in [1.82, 2.24) is 25.1 Å². The average molecular weight is 361 g/mol. The lowest BCUT2D eigenvalue weighted by atomic mass is 9.97. The number of carbonyl (C=O) groups excluding carboxylic acids is 1. The van der Waals surface area contributed by atoms with Gasteiger partial charge in [-0.2, -0.15) is 5.10 Å². The summed E-state index contributed by atoms with van der Waals surface area (Å²) in [6, 6.07) is 13.8. The summed E-state index contributed by atoms with van der Waals surface area (Å²) < 4.78 is 0. The summed E-state index contributed by atoms with van der Waals surface area (Å²) in [7, 11) is 0. The molecule has 1 aromatic carbocycles. The Bertz CT molecular complexity index is 921. The van der Waals surface area contributed by atoms with Crippen molar-refractivity contribution < 1.29 is 4.79 Å². The molecule has 1 unspecified atom stereocenters. The van der Waals surface area contributed by atoms with Crippen molar-refractivity contribution in [3.63, 3.8) is 0 Å². The summed E-state index contributed by atoms with van der Waals surface area (Å²) >= 11 is 0. The van der Waals surface area contributed by atoms with Gasteiger partial charge in [0.05, 0.1) is 0 Å². The van der Waals surface area contributed by atoms with E-state index in [9.17, 15) is 4.79 Å². The standard InChI is InChI=1S/C21H23N5O/c1-2-15-10-11-22-18(13-15)21(27)26-12-6-9-17(14-26)20-23-19(24-25-20)16-7-4-3-5-8-16/h3-5,7-8,10-11,13,17H,2,6,9,12,14H2,1H3,(H,23,24,25). The molecule has 138 valence electrons. The minimum atomic E-state index is -0.00204. The van der Waals surface area contributed by atoms with E-state index in [-0.39, 0.29) is 11.8 Å². The van der Waals surface area contributed by atoms with E-state index in [0.717, 1.165) is 42.8 Å². The normalized spacial score (nSPS) is 17.1.